The SMILES string of the molecule is CN(CC(C)(C)C)C(=O)OC12CC3CC(CC(O)(C3)C1)C2. The van der Waals surface area contributed by atoms with Crippen LogP contribution in [0.5, 0.6) is 0 Å². The third-order valence-electron chi connectivity index (χ3n) is 5.30. The second-order valence-corrected chi connectivity index (χ2v) is 9.15. The van der Waals surface area contributed by atoms with E-state index >= 15 is 0 Å². The van der Waals surface area contributed by atoms with Crippen LogP contribution in [-0.4, -0.2) is 40.9 Å². The number of rotatable bonds is 2. The molecule has 4 aliphatic carbocycles. The molecule has 0 heterocycles. The smallest absolute Gasteiger partial charge is 0.410 e. The summed E-state index contributed by atoms with van der Waals surface area (Å²) in [5.41, 5.74) is -0.914. The van der Waals surface area contributed by atoms with Gasteiger partial charge in [0.1, 0.15) is 5.60 Å². The van der Waals surface area contributed by atoms with Crippen molar-refractivity contribution in [2.75, 3.05) is 13.6 Å². The summed E-state index contributed by atoms with van der Waals surface area (Å²) in [6, 6.07) is 0. The van der Waals surface area contributed by atoms with E-state index in [0.29, 0.717) is 24.8 Å². The lowest BCUT2D eigenvalue weighted by atomic mass is 9.52. The number of aliphatic hydroxyl groups is 1. The van der Waals surface area contributed by atoms with Crippen LogP contribution in [0, 0.1) is 17.3 Å². The van der Waals surface area contributed by atoms with E-state index in [-0.39, 0.29) is 11.5 Å². The molecule has 0 aromatic heterocycles. The summed E-state index contributed by atoms with van der Waals surface area (Å²) in [5, 5.41) is 10.7. The Hall–Kier alpha value is -0.770. The number of hydrogen-bond acceptors (Lipinski definition) is 3. The van der Waals surface area contributed by atoms with Gasteiger partial charge in [-0.15, -0.1) is 0 Å². The Morgan fingerprint density at radius 3 is 2.29 bits per heavy atom. The minimum absolute atomic E-state index is 0.0629. The third kappa shape index (κ3) is 3.05. The standard InChI is InChI=1S/C17H29NO3/c1-15(2,3)11-18(4)14(19)21-17-8-12-5-13(9-17)7-16(20,6-12)10-17/h12-13,20H,5-11H2,1-4H3. The highest BCUT2D eigenvalue weighted by molar-refractivity contribution is 5.68. The highest BCUT2D eigenvalue weighted by atomic mass is 16.6. The first kappa shape index (κ1) is 15.1. The molecule has 0 radical (unpaired) electrons. The van der Waals surface area contributed by atoms with Crippen LogP contribution >= 0.6 is 0 Å². The predicted octanol–water partition coefficient (Wildman–Crippen LogP) is 3.18. The van der Waals surface area contributed by atoms with Crippen molar-refractivity contribution in [3.63, 3.8) is 0 Å². The first-order valence-electron chi connectivity index (χ1n) is 8.25. The molecule has 0 aliphatic heterocycles. The molecule has 0 aromatic carbocycles. The summed E-state index contributed by atoms with van der Waals surface area (Å²) in [6.07, 6.45) is 5.32. The van der Waals surface area contributed by atoms with E-state index in [1.54, 1.807) is 4.90 Å². The molecule has 2 unspecified atom stereocenters. The molecule has 4 saturated carbocycles. The summed E-state index contributed by atoms with van der Waals surface area (Å²) in [5.74, 6) is 1.08. The molecule has 0 spiro atoms. The molecule has 4 bridgehead atoms. The molecule has 1 N–H and O–H groups in total. The van der Waals surface area contributed by atoms with Crippen LogP contribution in [0.3, 0.4) is 0 Å². The van der Waals surface area contributed by atoms with Gasteiger partial charge in [-0.1, -0.05) is 20.8 Å². The average Bonchev–Trinajstić information content (AvgIpc) is 2.21. The van der Waals surface area contributed by atoms with Gasteiger partial charge in [-0.3, -0.25) is 0 Å². The zero-order valence-electron chi connectivity index (χ0n) is 13.8. The summed E-state index contributed by atoms with van der Waals surface area (Å²) >= 11 is 0. The fraction of sp³-hybridized carbons (Fsp3) is 0.941. The number of carbonyl (C=O) groups excluding carboxylic acids is 1. The lowest BCUT2D eigenvalue weighted by Gasteiger charge is -2.59. The Morgan fingerprint density at radius 2 is 1.81 bits per heavy atom. The molecule has 21 heavy (non-hydrogen) atoms. The zero-order valence-corrected chi connectivity index (χ0v) is 13.8. The fourth-order valence-corrected chi connectivity index (χ4v) is 5.29. The highest BCUT2D eigenvalue weighted by Crippen LogP contribution is 2.58. The van der Waals surface area contributed by atoms with E-state index in [1.807, 2.05) is 7.05 Å². The van der Waals surface area contributed by atoms with Crippen molar-refractivity contribution >= 4 is 6.09 Å². The predicted molar refractivity (Wildman–Crippen MR) is 80.9 cm³/mol. The first-order valence-corrected chi connectivity index (χ1v) is 8.25. The maximum Gasteiger partial charge on any atom is 0.410 e. The molecule has 1 amide bonds. The van der Waals surface area contributed by atoms with E-state index in [9.17, 15) is 9.90 Å². The van der Waals surface area contributed by atoms with Gasteiger partial charge in [0, 0.05) is 20.0 Å². The summed E-state index contributed by atoms with van der Waals surface area (Å²) in [4.78, 5) is 14.1. The largest absolute Gasteiger partial charge is 0.443 e. The number of nitrogens with zero attached hydrogens (tertiary/aromatic N) is 1. The summed E-state index contributed by atoms with van der Waals surface area (Å²) in [6.45, 7) is 7.03. The second kappa shape index (κ2) is 4.61. The maximum atomic E-state index is 12.4. The monoisotopic (exact) mass is 295 g/mol. The zero-order chi connectivity index (χ0) is 15.5. The van der Waals surface area contributed by atoms with Crippen molar-refractivity contribution in [1.29, 1.82) is 0 Å². The van der Waals surface area contributed by atoms with Gasteiger partial charge in [-0.2, -0.15) is 0 Å². The van der Waals surface area contributed by atoms with Gasteiger partial charge in [0.05, 0.1) is 5.60 Å². The maximum absolute atomic E-state index is 12.4. The first-order chi connectivity index (χ1) is 9.58. The number of ether oxygens (including phenoxy) is 1. The topological polar surface area (TPSA) is 49.8 Å². The Balaban J connectivity index is 1.68. The van der Waals surface area contributed by atoms with E-state index in [4.69, 9.17) is 4.74 Å². The molecule has 4 nitrogen and oxygen atoms in total. The second-order valence-electron chi connectivity index (χ2n) is 9.15. The van der Waals surface area contributed by atoms with Crippen LogP contribution in [0.4, 0.5) is 4.79 Å². The van der Waals surface area contributed by atoms with Gasteiger partial charge >= 0.3 is 6.09 Å². The van der Waals surface area contributed by atoms with Crippen LogP contribution in [0.2, 0.25) is 0 Å². The molecule has 4 heteroatoms. The Bertz CT molecular complexity index is 426. The number of hydrogen-bond donors (Lipinski definition) is 1. The van der Waals surface area contributed by atoms with Gasteiger partial charge in [0.25, 0.3) is 0 Å². The van der Waals surface area contributed by atoms with Gasteiger partial charge in [-0.25, -0.2) is 4.79 Å². The molecular formula is C17H29NO3. The van der Waals surface area contributed by atoms with Crippen LogP contribution in [0.25, 0.3) is 0 Å². The number of amides is 1. The summed E-state index contributed by atoms with van der Waals surface area (Å²) < 4.78 is 5.95. The fourth-order valence-electron chi connectivity index (χ4n) is 5.29. The minimum atomic E-state index is -0.576. The molecule has 4 rings (SSSR count). The van der Waals surface area contributed by atoms with Gasteiger partial charge in [0.15, 0.2) is 0 Å². The Kier molecular flexibility index (Phi) is 3.32. The molecule has 0 saturated heterocycles. The lowest BCUT2D eigenvalue weighted by molar-refractivity contribution is -0.201. The van der Waals surface area contributed by atoms with Crippen LogP contribution in [0.1, 0.15) is 59.3 Å². The molecular weight excluding hydrogens is 266 g/mol. The lowest BCUT2D eigenvalue weighted by Crippen LogP contribution is -2.61. The molecule has 4 fully saturated rings. The van der Waals surface area contributed by atoms with Gasteiger partial charge < -0.3 is 14.7 Å². The molecule has 0 aromatic rings. The van der Waals surface area contributed by atoms with Crippen molar-refractivity contribution in [2.24, 2.45) is 17.3 Å². The van der Waals surface area contributed by atoms with Crippen LogP contribution < -0.4 is 0 Å². The highest BCUT2D eigenvalue weighted by Gasteiger charge is 2.59. The molecule has 2 atom stereocenters. The minimum Gasteiger partial charge on any atom is -0.443 e. The quantitative estimate of drug-likeness (QED) is 0.851. The van der Waals surface area contributed by atoms with Crippen LogP contribution in [0.15, 0.2) is 0 Å². The normalized spacial score (nSPS) is 41.2. The molecule has 4 aliphatic rings. The van der Waals surface area contributed by atoms with E-state index < -0.39 is 11.2 Å². The van der Waals surface area contributed by atoms with Crippen molar-refractivity contribution in [3.05, 3.63) is 0 Å². The Morgan fingerprint density at radius 1 is 1.24 bits per heavy atom. The van der Waals surface area contributed by atoms with Gasteiger partial charge in [0.2, 0.25) is 0 Å². The van der Waals surface area contributed by atoms with Crippen molar-refractivity contribution in [3.8, 4) is 0 Å². The van der Waals surface area contributed by atoms with E-state index in [0.717, 1.165) is 25.7 Å². The van der Waals surface area contributed by atoms with Crippen molar-refractivity contribution in [2.45, 2.75) is 70.5 Å². The average molecular weight is 295 g/mol. The van der Waals surface area contributed by atoms with Gasteiger partial charge in [-0.05, 0) is 49.4 Å². The van der Waals surface area contributed by atoms with Crippen LogP contribution in [-0.2, 0) is 4.74 Å². The van der Waals surface area contributed by atoms with Crippen molar-refractivity contribution in [1.82, 2.24) is 4.90 Å². The molecule has 120 valence electrons. The van der Waals surface area contributed by atoms with Crippen molar-refractivity contribution < 1.29 is 14.6 Å². The Labute approximate surface area is 127 Å². The number of carbonyl (C=O) groups is 1. The summed E-state index contributed by atoms with van der Waals surface area (Å²) in [7, 11) is 1.81. The third-order valence-corrected chi connectivity index (χ3v) is 5.30. The van der Waals surface area contributed by atoms with E-state index in [2.05, 4.69) is 20.8 Å². The van der Waals surface area contributed by atoms with E-state index in [1.165, 1.54) is 6.42 Å².